The molecule has 0 bridgehead atoms. The Morgan fingerprint density at radius 2 is 2.00 bits per heavy atom. The van der Waals surface area contributed by atoms with Crippen molar-refractivity contribution in [1.82, 2.24) is 10.0 Å². The minimum Gasteiger partial charge on any atom is -0.384 e. The van der Waals surface area contributed by atoms with Crippen LogP contribution in [-0.2, 0) is 19.5 Å². The lowest BCUT2D eigenvalue weighted by atomic mass is 10.1. The van der Waals surface area contributed by atoms with Crippen LogP contribution in [0, 0.1) is 0 Å². The molecule has 1 heterocycles. The Hall–Kier alpha value is -0.210. The van der Waals surface area contributed by atoms with Crippen LogP contribution in [0.15, 0.2) is 0 Å². The van der Waals surface area contributed by atoms with Crippen molar-refractivity contribution in [1.29, 1.82) is 0 Å². The van der Waals surface area contributed by atoms with Gasteiger partial charge in [0.1, 0.15) is 0 Å². The molecule has 0 atom stereocenters. The fourth-order valence-corrected chi connectivity index (χ4v) is 2.76. The number of piperidine rings is 1. The summed E-state index contributed by atoms with van der Waals surface area (Å²) in [7, 11) is -1.70. The van der Waals surface area contributed by atoms with E-state index in [1.165, 1.54) is 7.11 Å². The molecule has 0 spiro atoms. The zero-order chi connectivity index (χ0) is 13.3. The SMILES string of the molecule is COCCS(=O)(=O)NCCCOC1CCNCC1. The third-order valence-electron chi connectivity index (χ3n) is 2.84. The van der Waals surface area contributed by atoms with E-state index in [9.17, 15) is 8.42 Å². The van der Waals surface area contributed by atoms with Gasteiger partial charge >= 0.3 is 0 Å². The van der Waals surface area contributed by atoms with Gasteiger partial charge in [0.05, 0.1) is 18.5 Å². The summed E-state index contributed by atoms with van der Waals surface area (Å²) >= 11 is 0. The summed E-state index contributed by atoms with van der Waals surface area (Å²) in [6.07, 6.45) is 3.12. The first-order valence-corrected chi connectivity index (χ1v) is 8.08. The van der Waals surface area contributed by atoms with Gasteiger partial charge in [-0.1, -0.05) is 0 Å². The molecule has 0 unspecified atom stereocenters. The molecule has 1 saturated heterocycles. The molecular weight excluding hydrogens is 256 g/mol. The topological polar surface area (TPSA) is 76.7 Å². The minimum absolute atomic E-state index is 0.0126. The average Bonchev–Trinajstić information content (AvgIpc) is 2.37. The molecule has 1 fully saturated rings. The number of rotatable bonds is 9. The predicted octanol–water partition coefficient (Wildman–Crippen LogP) is -0.289. The number of nitrogens with one attached hydrogen (secondary N) is 2. The van der Waals surface area contributed by atoms with Crippen LogP contribution >= 0.6 is 0 Å². The van der Waals surface area contributed by atoms with E-state index >= 15 is 0 Å². The van der Waals surface area contributed by atoms with Gasteiger partial charge in [-0.25, -0.2) is 13.1 Å². The summed E-state index contributed by atoms with van der Waals surface area (Å²) in [5, 5.41) is 3.27. The predicted molar refractivity (Wildman–Crippen MR) is 70.1 cm³/mol. The average molecular weight is 280 g/mol. The van der Waals surface area contributed by atoms with Gasteiger partial charge in [0.15, 0.2) is 0 Å². The lowest BCUT2D eigenvalue weighted by Crippen LogP contribution is -2.33. The van der Waals surface area contributed by atoms with Crippen molar-refractivity contribution < 1.29 is 17.9 Å². The summed E-state index contributed by atoms with van der Waals surface area (Å²) in [5.41, 5.74) is 0. The molecule has 1 aliphatic heterocycles. The standard InChI is InChI=1S/C11H24N2O4S/c1-16-9-10-18(14,15)13-5-2-8-17-11-3-6-12-7-4-11/h11-13H,2-10H2,1H3. The monoisotopic (exact) mass is 280 g/mol. The van der Waals surface area contributed by atoms with Crippen molar-refractivity contribution >= 4 is 10.0 Å². The second-order valence-electron chi connectivity index (χ2n) is 4.38. The van der Waals surface area contributed by atoms with Gasteiger partial charge < -0.3 is 14.8 Å². The second kappa shape index (κ2) is 8.82. The molecule has 0 aromatic heterocycles. The molecule has 108 valence electrons. The highest BCUT2D eigenvalue weighted by molar-refractivity contribution is 7.89. The molecule has 7 heteroatoms. The van der Waals surface area contributed by atoms with Gasteiger partial charge in [0.25, 0.3) is 0 Å². The number of ether oxygens (including phenoxy) is 2. The van der Waals surface area contributed by atoms with Crippen molar-refractivity contribution in [2.24, 2.45) is 0 Å². The van der Waals surface area contributed by atoms with Crippen molar-refractivity contribution in [3.05, 3.63) is 0 Å². The first-order valence-electron chi connectivity index (χ1n) is 6.42. The number of hydrogen-bond acceptors (Lipinski definition) is 5. The second-order valence-corrected chi connectivity index (χ2v) is 6.31. The van der Waals surface area contributed by atoms with Crippen LogP contribution < -0.4 is 10.0 Å². The van der Waals surface area contributed by atoms with Crippen LogP contribution in [-0.4, -0.2) is 60.2 Å². The zero-order valence-electron chi connectivity index (χ0n) is 11.0. The third kappa shape index (κ3) is 7.27. The maximum Gasteiger partial charge on any atom is 0.213 e. The Bertz CT molecular complexity index is 302. The Morgan fingerprint density at radius 3 is 2.67 bits per heavy atom. The first kappa shape index (κ1) is 15.8. The van der Waals surface area contributed by atoms with Crippen LogP contribution in [0.25, 0.3) is 0 Å². The van der Waals surface area contributed by atoms with Crippen molar-refractivity contribution in [3.8, 4) is 0 Å². The molecule has 0 aromatic rings. The van der Waals surface area contributed by atoms with Gasteiger partial charge in [0.2, 0.25) is 10.0 Å². The van der Waals surface area contributed by atoms with Gasteiger partial charge in [0, 0.05) is 20.3 Å². The fraction of sp³-hybridized carbons (Fsp3) is 1.00. The molecule has 0 aliphatic carbocycles. The molecule has 0 saturated carbocycles. The Balaban J connectivity index is 2.00. The number of hydrogen-bond donors (Lipinski definition) is 2. The number of methoxy groups -OCH3 is 1. The third-order valence-corrected chi connectivity index (χ3v) is 4.19. The summed E-state index contributed by atoms with van der Waals surface area (Å²) in [4.78, 5) is 0. The highest BCUT2D eigenvalue weighted by Gasteiger charge is 2.13. The number of sulfonamides is 1. The van der Waals surface area contributed by atoms with E-state index in [4.69, 9.17) is 9.47 Å². The van der Waals surface area contributed by atoms with E-state index in [0.29, 0.717) is 25.7 Å². The van der Waals surface area contributed by atoms with E-state index < -0.39 is 10.0 Å². The summed E-state index contributed by atoms with van der Waals surface area (Å²) < 4.78 is 35.8. The molecule has 18 heavy (non-hydrogen) atoms. The lowest BCUT2D eigenvalue weighted by Gasteiger charge is -2.22. The maximum atomic E-state index is 11.4. The molecule has 1 aliphatic rings. The van der Waals surface area contributed by atoms with Crippen molar-refractivity contribution in [3.63, 3.8) is 0 Å². The first-order chi connectivity index (χ1) is 8.64. The van der Waals surface area contributed by atoms with Gasteiger partial charge in [-0.05, 0) is 32.4 Å². The summed E-state index contributed by atoms with van der Waals surface area (Å²) in [6, 6.07) is 0. The largest absolute Gasteiger partial charge is 0.384 e. The van der Waals surface area contributed by atoms with Gasteiger partial charge in [-0.3, -0.25) is 0 Å². The molecule has 1 rings (SSSR count). The fourth-order valence-electron chi connectivity index (χ4n) is 1.78. The van der Waals surface area contributed by atoms with Crippen LogP contribution in [0.3, 0.4) is 0 Å². The van der Waals surface area contributed by atoms with Gasteiger partial charge in [-0.15, -0.1) is 0 Å². The molecular formula is C11H24N2O4S. The zero-order valence-corrected chi connectivity index (χ0v) is 11.8. The molecule has 0 aromatic carbocycles. The van der Waals surface area contributed by atoms with Crippen LogP contribution in [0.1, 0.15) is 19.3 Å². The van der Waals surface area contributed by atoms with Crippen LogP contribution in [0.4, 0.5) is 0 Å². The maximum absolute atomic E-state index is 11.4. The molecule has 6 nitrogen and oxygen atoms in total. The summed E-state index contributed by atoms with van der Waals surface area (Å²) in [6.45, 7) is 3.28. The van der Waals surface area contributed by atoms with Crippen LogP contribution in [0.2, 0.25) is 0 Å². The Labute approximate surface area is 109 Å². The van der Waals surface area contributed by atoms with E-state index in [2.05, 4.69) is 10.0 Å². The van der Waals surface area contributed by atoms with E-state index in [1.807, 2.05) is 0 Å². The molecule has 0 radical (unpaired) electrons. The Kier molecular flexibility index (Phi) is 7.76. The molecule has 2 N–H and O–H groups in total. The van der Waals surface area contributed by atoms with Gasteiger partial charge in [-0.2, -0.15) is 0 Å². The van der Waals surface area contributed by atoms with E-state index in [0.717, 1.165) is 25.9 Å². The summed E-state index contributed by atoms with van der Waals surface area (Å²) in [5.74, 6) is 0.0126. The quantitative estimate of drug-likeness (QED) is 0.568. The normalized spacial score (nSPS) is 18.1. The Morgan fingerprint density at radius 1 is 1.28 bits per heavy atom. The lowest BCUT2D eigenvalue weighted by molar-refractivity contribution is 0.0322. The van der Waals surface area contributed by atoms with E-state index in [-0.39, 0.29) is 12.4 Å². The van der Waals surface area contributed by atoms with Crippen molar-refractivity contribution in [2.45, 2.75) is 25.4 Å². The minimum atomic E-state index is -3.19. The smallest absolute Gasteiger partial charge is 0.213 e. The van der Waals surface area contributed by atoms with Crippen LogP contribution in [0.5, 0.6) is 0 Å². The molecule has 0 amide bonds. The van der Waals surface area contributed by atoms with E-state index in [1.54, 1.807) is 0 Å². The highest BCUT2D eigenvalue weighted by Crippen LogP contribution is 2.07. The van der Waals surface area contributed by atoms with Crippen molar-refractivity contribution in [2.75, 3.05) is 45.7 Å². The highest BCUT2D eigenvalue weighted by atomic mass is 32.2.